The molecule has 0 radical (unpaired) electrons. The molecular formula is C42H79NO6. The second kappa shape index (κ2) is 24.1. The lowest BCUT2D eigenvalue weighted by Gasteiger charge is -2.57. The lowest BCUT2D eigenvalue weighted by Crippen LogP contribution is -2.51. The van der Waals surface area contributed by atoms with Crippen LogP contribution in [0.3, 0.4) is 0 Å². The number of esters is 2. The van der Waals surface area contributed by atoms with Crippen molar-refractivity contribution in [3.8, 4) is 0 Å². The van der Waals surface area contributed by atoms with E-state index in [9.17, 15) is 9.59 Å². The number of ether oxygens (including phenoxy) is 2. The van der Waals surface area contributed by atoms with Crippen LogP contribution in [0.1, 0.15) is 202 Å². The number of unbranched alkanes of at least 4 members (excludes halogenated alkanes) is 8. The molecule has 4 unspecified atom stereocenters. The normalized spacial score (nSPS) is 25.2. The maximum Gasteiger partial charge on any atom is 0.306 e. The fourth-order valence-electron chi connectivity index (χ4n) is 10.1. The van der Waals surface area contributed by atoms with Crippen molar-refractivity contribution in [3.05, 3.63) is 0 Å². The Morgan fingerprint density at radius 3 is 1.51 bits per heavy atom. The third-order valence-electron chi connectivity index (χ3n) is 12.0. The van der Waals surface area contributed by atoms with Crippen molar-refractivity contribution >= 4 is 11.9 Å². The van der Waals surface area contributed by atoms with E-state index in [0.717, 1.165) is 44.9 Å². The first-order chi connectivity index (χ1) is 23.5. The molecule has 0 heterocycles. The molecule has 0 saturated heterocycles. The topological polar surface area (TPSA) is 94.1 Å². The molecule has 0 aromatic rings. The highest BCUT2D eigenvalue weighted by Gasteiger charge is 2.55. The number of carbonyl (C=O) groups is 2. The number of hydrogen-bond donors (Lipinski definition) is 2. The molecule has 0 aromatic heterocycles. The van der Waals surface area contributed by atoms with E-state index in [0.29, 0.717) is 50.4 Å². The van der Waals surface area contributed by atoms with Crippen LogP contribution in [0.4, 0.5) is 0 Å². The molecule has 4 atom stereocenters. The third kappa shape index (κ3) is 17.7. The van der Waals surface area contributed by atoms with Crippen LogP contribution < -0.4 is 5.48 Å². The van der Waals surface area contributed by atoms with Gasteiger partial charge in [-0.25, -0.2) is 5.26 Å². The van der Waals surface area contributed by atoms with E-state index in [4.69, 9.17) is 14.7 Å². The van der Waals surface area contributed by atoms with E-state index in [1.165, 1.54) is 103 Å². The van der Waals surface area contributed by atoms with Crippen molar-refractivity contribution in [1.29, 1.82) is 0 Å². The molecule has 2 fully saturated rings. The molecule has 2 saturated carbocycles. The summed E-state index contributed by atoms with van der Waals surface area (Å²) >= 11 is 0. The van der Waals surface area contributed by atoms with Crippen LogP contribution in [0.2, 0.25) is 0 Å². The predicted molar refractivity (Wildman–Crippen MR) is 201 cm³/mol. The first-order valence-corrected chi connectivity index (χ1v) is 20.9. The van der Waals surface area contributed by atoms with Crippen LogP contribution in [0, 0.1) is 34.0 Å². The Hall–Kier alpha value is -1.18. The van der Waals surface area contributed by atoms with E-state index in [-0.39, 0.29) is 28.2 Å². The molecular weight excluding hydrogens is 614 g/mol. The minimum absolute atomic E-state index is 0.0867. The van der Waals surface area contributed by atoms with Gasteiger partial charge in [-0.2, -0.15) is 5.48 Å². The van der Waals surface area contributed by atoms with Crippen LogP contribution in [0.5, 0.6) is 0 Å². The SMILES string of the molecule is CCCCCC(CCCCC)CCOC(=O)CC1(C)CC2CC(C)(CNOO)CC(CC(=O)OCCC(CCCCC)CCCCC)(C2)C1. The average Bonchev–Trinajstić information content (AvgIpc) is 3.02. The zero-order chi connectivity index (χ0) is 36.0. The van der Waals surface area contributed by atoms with Crippen molar-refractivity contribution in [1.82, 2.24) is 5.48 Å². The monoisotopic (exact) mass is 694 g/mol. The lowest BCUT2D eigenvalue weighted by atomic mass is 9.47. The van der Waals surface area contributed by atoms with Crippen molar-refractivity contribution in [2.75, 3.05) is 19.8 Å². The van der Waals surface area contributed by atoms with Crippen molar-refractivity contribution in [2.24, 2.45) is 34.0 Å². The molecule has 2 aliphatic carbocycles. The molecule has 2 aliphatic rings. The first kappa shape index (κ1) is 44.0. The Morgan fingerprint density at radius 1 is 0.633 bits per heavy atom. The predicted octanol–water partition coefficient (Wildman–Crippen LogP) is 11.8. The Labute approximate surface area is 302 Å². The highest BCUT2D eigenvalue weighted by molar-refractivity contribution is 5.71. The van der Waals surface area contributed by atoms with Crippen LogP contribution in [0.15, 0.2) is 0 Å². The molecule has 7 heteroatoms. The van der Waals surface area contributed by atoms with E-state index in [1.807, 2.05) is 0 Å². The summed E-state index contributed by atoms with van der Waals surface area (Å²) in [5.41, 5.74) is 2.11. The highest BCUT2D eigenvalue weighted by Crippen LogP contribution is 2.62. The smallest absolute Gasteiger partial charge is 0.306 e. The van der Waals surface area contributed by atoms with E-state index < -0.39 is 0 Å². The van der Waals surface area contributed by atoms with Crippen LogP contribution >= 0.6 is 0 Å². The van der Waals surface area contributed by atoms with Crippen molar-refractivity contribution < 1.29 is 29.3 Å². The van der Waals surface area contributed by atoms with Gasteiger partial charge in [-0.15, -0.1) is 4.99 Å². The summed E-state index contributed by atoms with van der Waals surface area (Å²) in [7, 11) is 0. The average molecular weight is 694 g/mol. The second-order valence-electron chi connectivity index (χ2n) is 17.5. The quantitative estimate of drug-likeness (QED) is 0.0348. The van der Waals surface area contributed by atoms with Gasteiger partial charge in [-0.3, -0.25) is 9.59 Å². The molecule has 2 rings (SSSR count). The van der Waals surface area contributed by atoms with Gasteiger partial charge in [-0.1, -0.05) is 144 Å². The van der Waals surface area contributed by atoms with Crippen molar-refractivity contribution in [2.45, 2.75) is 202 Å². The molecule has 2 N–H and O–H groups in total. The second-order valence-corrected chi connectivity index (χ2v) is 17.5. The van der Waals surface area contributed by atoms with Gasteiger partial charge in [-0.05, 0) is 78.9 Å². The standard InChI is InChI=1S/C42H79NO6/c1-7-11-15-19-35(20-16-12-8-2)23-25-47-38(44)30-40(5)27-37-28-41(6,34-43-49-46)33-42(29-37,32-40)31-39(45)48-26-24-36(21-17-13-9-3)22-18-14-10-4/h35-37,43,46H,7-34H2,1-6H3. The molecule has 288 valence electrons. The van der Waals surface area contributed by atoms with E-state index in [1.54, 1.807) is 0 Å². The summed E-state index contributed by atoms with van der Waals surface area (Å²) in [4.78, 5) is 31.2. The maximum absolute atomic E-state index is 13.6. The number of rotatable bonds is 29. The summed E-state index contributed by atoms with van der Waals surface area (Å²) in [6.45, 7) is 15.0. The van der Waals surface area contributed by atoms with Gasteiger partial charge in [0.1, 0.15) is 0 Å². The Balaban J connectivity index is 2.03. The fourth-order valence-corrected chi connectivity index (χ4v) is 10.1. The van der Waals surface area contributed by atoms with Crippen LogP contribution in [0.25, 0.3) is 0 Å². The third-order valence-corrected chi connectivity index (χ3v) is 12.0. The highest BCUT2D eigenvalue weighted by atomic mass is 17.2. The molecule has 7 nitrogen and oxygen atoms in total. The minimum Gasteiger partial charge on any atom is -0.466 e. The Morgan fingerprint density at radius 2 is 1.06 bits per heavy atom. The number of fused-ring (bicyclic) bond motifs is 2. The van der Waals surface area contributed by atoms with Gasteiger partial charge in [0.2, 0.25) is 0 Å². The van der Waals surface area contributed by atoms with Gasteiger partial charge in [0.25, 0.3) is 0 Å². The largest absolute Gasteiger partial charge is 0.466 e. The van der Waals surface area contributed by atoms with Crippen LogP contribution in [-0.4, -0.2) is 37.0 Å². The Bertz CT molecular complexity index is 876. The lowest BCUT2D eigenvalue weighted by molar-refractivity contribution is -0.297. The molecule has 2 bridgehead atoms. The summed E-state index contributed by atoms with van der Waals surface area (Å²) in [6, 6.07) is 0. The summed E-state index contributed by atoms with van der Waals surface area (Å²) < 4.78 is 12.0. The molecule has 0 spiro atoms. The van der Waals surface area contributed by atoms with E-state index in [2.05, 4.69) is 52.0 Å². The fraction of sp³-hybridized carbons (Fsp3) is 0.952. The maximum atomic E-state index is 13.6. The zero-order valence-electron chi connectivity index (χ0n) is 33.0. The summed E-state index contributed by atoms with van der Waals surface area (Å²) in [5, 5.41) is 9.06. The number of carbonyl (C=O) groups excluding carboxylic acids is 2. The van der Waals surface area contributed by atoms with Gasteiger partial charge >= 0.3 is 11.9 Å². The van der Waals surface area contributed by atoms with Gasteiger partial charge in [0.15, 0.2) is 0 Å². The van der Waals surface area contributed by atoms with Crippen molar-refractivity contribution in [3.63, 3.8) is 0 Å². The number of hydrogen-bond acceptors (Lipinski definition) is 7. The zero-order valence-corrected chi connectivity index (χ0v) is 33.0. The first-order valence-electron chi connectivity index (χ1n) is 20.9. The molecule has 0 amide bonds. The summed E-state index contributed by atoms with van der Waals surface area (Å²) in [5.74, 6) is 1.47. The Kier molecular flexibility index (Phi) is 21.7. The number of nitrogens with one attached hydrogen (secondary N) is 1. The molecule has 49 heavy (non-hydrogen) atoms. The molecule has 0 aliphatic heterocycles. The van der Waals surface area contributed by atoms with Gasteiger partial charge in [0.05, 0.1) is 26.1 Å². The number of hydroxylamine groups is 1. The van der Waals surface area contributed by atoms with E-state index >= 15 is 0 Å². The molecule has 0 aromatic carbocycles. The minimum atomic E-state index is -0.246. The van der Waals surface area contributed by atoms with Gasteiger partial charge in [0, 0.05) is 6.54 Å². The van der Waals surface area contributed by atoms with Gasteiger partial charge < -0.3 is 9.47 Å². The van der Waals surface area contributed by atoms with Crippen LogP contribution in [-0.2, 0) is 24.1 Å². The summed E-state index contributed by atoms with van der Waals surface area (Å²) in [6.07, 6.45) is 27.3.